The lowest BCUT2D eigenvalue weighted by Crippen LogP contribution is -2.19. The van der Waals surface area contributed by atoms with E-state index in [0.717, 1.165) is 25.7 Å². The van der Waals surface area contributed by atoms with Crippen LogP contribution in [0, 0.1) is 5.92 Å². The highest BCUT2D eigenvalue weighted by atomic mass is 31.2. The molecule has 0 fully saturated rings. The van der Waals surface area contributed by atoms with Crippen molar-refractivity contribution in [2.24, 2.45) is 5.92 Å². The van der Waals surface area contributed by atoms with Crippen LogP contribution in [0.4, 0.5) is 0 Å². The molecule has 0 spiro atoms. The lowest BCUT2D eigenvalue weighted by atomic mass is 10.00. The van der Waals surface area contributed by atoms with E-state index in [-0.39, 0.29) is 24.5 Å². The van der Waals surface area contributed by atoms with Crippen LogP contribution < -0.4 is 0 Å². The van der Waals surface area contributed by atoms with E-state index in [4.69, 9.17) is 14.5 Å². The van der Waals surface area contributed by atoms with E-state index >= 15 is 0 Å². The Balaban J connectivity index is 4.19. The van der Waals surface area contributed by atoms with E-state index in [1.54, 1.807) is 0 Å². The monoisotopic (exact) mass is 280 g/mol. The molecule has 0 aromatic heterocycles. The minimum Gasteiger partial charge on any atom is -0.465 e. The third-order valence-corrected chi connectivity index (χ3v) is 3.59. The number of rotatable bonds is 10. The highest BCUT2D eigenvalue weighted by molar-refractivity contribution is 7.51. The fourth-order valence-corrected chi connectivity index (χ4v) is 2.24. The van der Waals surface area contributed by atoms with Crippen LogP contribution in [0.1, 0.15) is 52.4 Å². The van der Waals surface area contributed by atoms with Gasteiger partial charge in [0.25, 0.3) is 0 Å². The van der Waals surface area contributed by atoms with E-state index < -0.39 is 7.60 Å². The number of carbonyl (C=O) groups is 1. The molecule has 2 N–H and O–H groups in total. The summed E-state index contributed by atoms with van der Waals surface area (Å²) in [6, 6.07) is 0. The van der Waals surface area contributed by atoms with Crippen LogP contribution in [0.2, 0.25) is 0 Å². The molecule has 0 radical (unpaired) electrons. The van der Waals surface area contributed by atoms with Crippen molar-refractivity contribution in [2.45, 2.75) is 52.4 Å². The first-order valence-electron chi connectivity index (χ1n) is 6.62. The van der Waals surface area contributed by atoms with Crippen LogP contribution in [0.3, 0.4) is 0 Å². The standard InChI is InChI=1S/C12H25O5P/c1-3-5-7-11(8-10-18(14,15)16)12(13)17-9-6-4-2/h11H,3-10H2,1-2H3,(H2,14,15,16). The maximum atomic E-state index is 11.8. The maximum Gasteiger partial charge on any atom is 0.325 e. The number of esters is 1. The van der Waals surface area contributed by atoms with Gasteiger partial charge in [0.15, 0.2) is 0 Å². The predicted octanol–water partition coefficient (Wildman–Crippen LogP) is 2.70. The van der Waals surface area contributed by atoms with Gasteiger partial charge < -0.3 is 14.5 Å². The van der Waals surface area contributed by atoms with Gasteiger partial charge in [0.05, 0.1) is 18.7 Å². The Hall–Kier alpha value is -0.380. The SMILES string of the molecule is CCCCOC(=O)C(CCCC)CCP(=O)(O)O. The zero-order valence-corrected chi connectivity index (χ0v) is 12.2. The molecule has 0 bridgehead atoms. The van der Waals surface area contributed by atoms with Crippen molar-refractivity contribution in [3.63, 3.8) is 0 Å². The van der Waals surface area contributed by atoms with Crippen molar-refractivity contribution < 1.29 is 23.9 Å². The van der Waals surface area contributed by atoms with Crippen molar-refractivity contribution in [1.29, 1.82) is 0 Å². The molecule has 0 aliphatic carbocycles. The van der Waals surface area contributed by atoms with E-state index in [0.29, 0.717) is 13.0 Å². The zero-order valence-electron chi connectivity index (χ0n) is 11.3. The molecule has 0 amide bonds. The molecule has 1 unspecified atom stereocenters. The molecule has 0 saturated carbocycles. The Morgan fingerprint density at radius 2 is 1.78 bits per heavy atom. The van der Waals surface area contributed by atoms with Gasteiger partial charge in [-0.2, -0.15) is 0 Å². The van der Waals surface area contributed by atoms with Crippen molar-refractivity contribution >= 4 is 13.6 Å². The summed E-state index contributed by atoms with van der Waals surface area (Å²) in [5, 5.41) is 0. The van der Waals surface area contributed by atoms with E-state index in [9.17, 15) is 9.36 Å². The molecule has 5 nitrogen and oxygen atoms in total. The van der Waals surface area contributed by atoms with Gasteiger partial charge in [0.2, 0.25) is 0 Å². The molecular formula is C12H25O5P. The summed E-state index contributed by atoms with van der Waals surface area (Å²) in [7, 11) is -4.03. The molecule has 6 heteroatoms. The van der Waals surface area contributed by atoms with E-state index in [1.165, 1.54) is 0 Å². The quantitative estimate of drug-likeness (QED) is 0.365. The fraction of sp³-hybridized carbons (Fsp3) is 0.917. The van der Waals surface area contributed by atoms with E-state index in [2.05, 4.69) is 0 Å². The van der Waals surface area contributed by atoms with Gasteiger partial charge in [-0.1, -0.05) is 33.1 Å². The highest BCUT2D eigenvalue weighted by Gasteiger charge is 2.23. The Bertz CT molecular complexity index is 274. The third kappa shape index (κ3) is 9.63. The largest absolute Gasteiger partial charge is 0.465 e. The minimum atomic E-state index is -4.03. The Kier molecular flexibility index (Phi) is 9.34. The molecule has 0 heterocycles. The zero-order chi connectivity index (χ0) is 14.0. The second kappa shape index (κ2) is 9.54. The van der Waals surface area contributed by atoms with Crippen molar-refractivity contribution in [3.8, 4) is 0 Å². The molecule has 0 rings (SSSR count). The third-order valence-electron chi connectivity index (χ3n) is 2.75. The molecular weight excluding hydrogens is 255 g/mol. The average molecular weight is 280 g/mol. The first-order chi connectivity index (χ1) is 8.40. The van der Waals surface area contributed by atoms with Crippen LogP contribution >= 0.6 is 7.60 Å². The summed E-state index contributed by atoms with van der Waals surface area (Å²) >= 11 is 0. The molecule has 0 aromatic rings. The maximum absolute atomic E-state index is 11.8. The predicted molar refractivity (Wildman–Crippen MR) is 70.4 cm³/mol. The summed E-state index contributed by atoms with van der Waals surface area (Å²) < 4.78 is 15.9. The normalized spacial score (nSPS) is 13.3. The Morgan fingerprint density at radius 3 is 2.28 bits per heavy atom. The number of ether oxygens (including phenoxy) is 1. The number of hydrogen-bond donors (Lipinski definition) is 2. The van der Waals surface area contributed by atoms with Gasteiger partial charge in [-0.3, -0.25) is 9.36 Å². The van der Waals surface area contributed by atoms with Crippen molar-refractivity contribution in [1.82, 2.24) is 0 Å². The smallest absolute Gasteiger partial charge is 0.325 e. The van der Waals surface area contributed by atoms with Gasteiger partial charge in [0.1, 0.15) is 0 Å². The molecule has 0 saturated heterocycles. The lowest BCUT2D eigenvalue weighted by molar-refractivity contribution is -0.149. The van der Waals surface area contributed by atoms with Gasteiger partial charge >= 0.3 is 13.6 Å². The van der Waals surface area contributed by atoms with Gasteiger partial charge in [-0.15, -0.1) is 0 Å². The van der Waals surface area contributed by atoms with Crippen LogP contribution in [-0.2, 0) is 14.1 Å². The minimum absolute atomic E-state index is 0.204. The summed E-state index contributed by atoms with van der Waals surface area (Å²) in [5.74, 6) is -0.695. The van der Waals surface area contributed by atoms with Crippen molar-refractivity contribution in [2.75, 3.05) is 12.8 Å². The number of unbranched alkanes of at least 4 members (excludes halogenated alkanes) is 2. The van der Waals surface area contributed by atoms with Crippen LogP contribution in [0.15, 0.2) is 0 Å². The second-order valence-electron chi connectivity index (χ2n) is 4.54. The molecule has 1 atom stereocenters. The molecule has 0 aliphatic rings. The first kappa shape index (κ1) is 17.6. The van der Waals surface area contributed by atoms with E-state index in [1.807, 2.05) is 13.8 Å². The van der Waals surface area contributed by atoms with Gasteiger partial charge in [-0.25, -0.2) is 0 Å². The van der Waals surface area contributed by atoms with Crippen LogP contribution in [0.25, 0.3) is 0 Å². The van der Waals surface area contributed by atoms with Crippen LogP contribution in [-0.4, -0.2) is 28.5 Å². The number of hydrogen-bond acceptors (Lipinski definition) is 3. The summed E-state index contributed by atoms with van der Waals surface area (Å²) in [5.41, 5.74) is 0. The summed E-state index contributed by atoms with van der Waals surface area (Å²) in [6.45, 7) is 4.42. The topological polar surface area (TPSA) is 83.8 Å². The fourth-order valence-electron chi connectivity index (χ4n) is 1.59. The van der Waals surface area contributed by atoms with Crippen molar-refractivity contribution in [3.05, 3.63) is 0 Å². The van der Waals surface area contributed by atoms with Gasteiger partial charge in [0, 0.05) is 0 Å². The first-order valence-corrected chi connectivity index (χ1v) is 8.41. The van der Waals surface area contributed by atoms with Crippen LogP contribution in [0.5, 0.6) is 0 Å². The summed E-state index contributed by atoms with van der Waals surface area (Å²) in [4.78, 5) is 29.5. The summed E-state index contributed by atoms with van der Waals surface area (Å²) in [6.07, 6.45) is 4.20. The molecule has 0 aliphatic heterocycles. The lowest BCUT2D eigenvalue weighted by Gasteiger charge is -2.16. The Labute approximate surface area is 109 Å². The Morgan fingerprint density at radius 1 is 1.17 bits per heavy atom. The number of carbonyl (C=O) groups excluding carboxylic acids is 1. The average Bonchev–Trinajstić information content (AvgIpc) is 2.28. The second-order valence-corrected chi connectivity index (χ2v) is 6.31. The molecule has 108 valence electrons. The van der Waals surface area contributed by atoms with Gasteiger partial charge in [-0.05, 0) is 19.3 Å². The molecule has 18 heavy (non-hydrogen) atoms. The highest BCUT2D eigenvalue weighted by Crippen LogP contribution is 2.37. The molecule has 0 aromatic carbocycles.